The van der Waals surface area contributed by atoms with E-state index in [0.29, 0.717) is 0 Å². The lowest BCUT2D eigenvalue weighted by Crippen LogP contribution is -2.01. The number of hydrogen-bond acceptors (Lipinski definition) is 2. The zero-order chi connectivity index (χ0) is 15.4. The summed E-state index contributed by atoms with van der Waals surface area (Å²) in [6, 6.07) is 13.1. The first-order valence-corrected chi connectivity index (χ1v) is 6.68. The summed E-state index contributed by atoms with van der Waals surface area (Å²) in [6.45, 7) is 3.91. The monoisotopic (exact) mass is 282 g/mol. The second kappa shape index (κ2) is 6.27. The van der Waals surface area contributed by atoms with E-state index in [1.54, 1.807) is 13.2 Å². The molecule has 3 nitrogen and oxygen atoms in total. The van der Waals surface area contributed by atoms with Gasteiger partial charge in [0.2, 0.25) is 0 Å². The molecule has 0 radical (unpaired) electrons. The van der Waals surface area contributed by atoms with Gasteiger partial charge in [-0.3, -0.25) is 0 Å². The van der Waals surface area contributed by atoms with E-state index in [-0.39, 0.29) is 5.57 Å². The van der Waals surface area contributed by atoms with Gasteiger partial charge in [0.25, 0.3) is 0 Å². The Balaban J connectivity index is 2.46. The molecular formula is C18H18O3. The lowest BCUT2D eigenvalue weighted by atomic mass is 9.97. The Labute approximate surface area is 124 Å². The summed E-state index contributed by atoms with van der Waals surface area (Å²) in [5, 5.41) is 9.49. The van der Waals surface area contributed by atoms with Crippen molar-refractivity contribution in [3.05, 3.63) is 64.7 Å². The topological polar surface area (TPSA) is 46.5 Å². The van der Waals surface area contributed by atoms with Crippen LogP contribution in [0.1, 0.15) is 22.3 Å². The highest BCUT2D eigenvalue weighted by Crippen LogP contribution is 2.24. The van der Waals surface area contributed by atoms with E-state index in [0.717, 1.165) is 28.0 Å². The van der Waals surface area contributed by atoms with Crippen molar-refractivity contribution in [3.8, 4) is 5.75 Å². The first kappa shape index (κ1) is 14.9. The maximum absolute atomic E-state index is 11.6. The minimum atomic E-state index is -0.933. The minimum Gasteiger partial charge on any atom is -0.497 e. The SMILES string of the molecule is COc1ccc(/C=C(\C(=O)O)c2ccc(C)cc2C)cc1. The van der Waals surface area contributed by atoms with Crippen LogP contribution in [0, 0.1) is 13.8 Å². The normalized spacial score (nSPS) is 11.3. The summed E-state index contributed by atoms with van der Waals surface area (Å²) >= 11 is 0. The van der Waals surface area contributed by atoms with Crippen molar-refractivity contribution in [1.29, 1.82) is 0 Å². The Morgan fingerprint density at radius 2 is 1.76 bits per heavy atom. The average molecular weight is 282 g/mol. The molecule has 0 saturated heterocycles. The fourth-order valence-electron chi connectivity index (χ4n) is 2.24. The van der Waals surface area contributed by atoms with Crippen LogP contribution in [-0.2, 0) is 4.79 Å². The quantitative estimate of drug-likeness (QED) is 0.682. The Morgan fingerprint density at radius 1 is 1.10 bits per heavy atom. The molecule has 0 spiro atoms. The fourth-order valence-corrected chi connectivity index (χ4v) is 2.24. The van der Waals surface area contributed by atoms with E-state index in [2.05, 4.69) is 0 Å². The van der Waals surface area contributed by atoms with Gasteiger partial charge in [0, 0.05) is 0 Å². The summed E-state index contributed by atoms with van der Waals surface area (Å²) in [4.78, 5) is 11.6. The van der Waals surface area contributed by atoms with Crippen molar-refractivity contribution in [1.82, 2.24) is 0 Å². The lowest BCUT2D eigenvalue weighted by Gasteiger charge is -2.08. The molecule has 0 aliphatic rings. The predicted octanol–water partition coefficient (Wildman–Crippen LogP) is 3.94. The largest absolute Gasteiger partial charge is 0.497 e. The molecule has 0 amide bonds. The van der Waals surface area contributed by atoms with Crippen LogP contribution in [0.25, 0.3) is 11.6 Å². The first-order valence-electron chi connectivity index (χ1n) is 6.68. The second-order valence-corrected chi connectivity index (χ2v) is 4.95. The number of hydrogen-bond donors (Lipinski definition) is 1. The minimum absolute atomic E-state index is 0.290. The molecular weight excluding hydrogens is 264 g/mol. The van der Waals surface area contributed by atoms with Crippen LogP contribution < -0.4 is 4.74 Å². The van der Waals surface area contributed by atoms with E-state index in [4.69, 9.17) is 4.74 Å². The number of carbonyl (C=O) groups is 1. The summed E-state index contributed by atoms with van der Waals surface area (Å²) in [5.74, 6) is -0.187. The highest BCUT2D eigenvalue weighted by molar-refractivity contribution is 6.21. The van der Waals surface area contributed by atoms with Gasteiger partial charge in [-0.25, -0.2) is 4.79 Å². The van der Waals surface area contributed by atoms with Crippen LogP contribution >= 0.6 is 0 Å². The average Bonchev–Trinajstić information content (AvgIpc) is 2.46. The number of benzene rings is 2. The van der Waals surface area contributed by atoms with Crippen molar-refractivity contribution in [2.45, 2.75) is 13.8 Å². The van der Waals surface area contributed by atoms with E-state index in [9.17, 15) is 9.90 Å². The van der Waals surface area contributed by atoms with Crippen molar-refractivity contribution in [2.24, 2.45) is 0 Å². The van der Waals surface area contributed by atoms with E-state index in [1.807, 2.05) is 56.3 Å². The molecule has 0 heterocycles. The van der Waals surface area contributed by atoms with Gasteiger partial charge in [0.05, 0.1) is 12.7 Å². The molecule has 1 N–H and O–H groups in total. The summed E-state index contributed by atoms with van der Waals surface area (Å²) in [5.41, 5.74) is 3.93. The molecule has 0 saturated carbocycles. The Hall–Kier alpha value is -2.55. The van der Waals surface area contributed by atoms with Gasteiger partial charge in [0.1, 0.15) is 5.75 Å². The van der Waals surface area contributed by atoms with Crippen LogP contribution in [0.15, 0.2) is 42.5 Å². The molecule has 0 aliphatic carbocycles. The van der Waals surface area contributed by atoms with E-state index in [1.165, 1.54) is 0 Å². The number of aliphatic carboxylic acids is 1. The first-order chi connectivity index (χ1) is 10.0. The van der Waals surface area contributed by atoms with Crippen LogP contribution in [0.4, 0.5) is 0 Å². The predicted molar refractivity (Wildman–Crippen MR) is 84.4 cm³/mol. The zero-order valence-corrected chi connectivity index (χ0v) is 12.4. The van der Waals surface area contributed by atoms with Gasteiger partial charge in [0.15, 0.2) is 0 Å². The molecule has 2 aromatic carbocycles. The Bertz CT molecular complexity index is 682. The van der Waals surface area contributed by atoms with E-state index < -0.39 is 5.97 Å². The standard InChI is InChI=1S/C18H18O3/c1-12-4-9-16(13(2)10-12)17(18(19)20)11-14-5-7-15(21-3)8-6-14/h4-11H,1-3H3,(H,19,20)/b17-11-. The van der Waals surface area contributed by atoms with Crippen molar-refractivity contribution < 1.29 is 14.6 Å². The van der Waals surface area contributed by atoms with Crippen LogP contribution in [0.2, 0.25) is 0 Å². The Morgan fingerprint density at radius 3 is 2.29 bits per heavy atom. The summed E-state index contributed by atoms with van der Waals surface area (Å²) in [7, 11) is 1.60. The number of ether oxygens (including phenoxy) is 1. The third-order valence-corrected chi connectivity index (χ3v) is 3.33. The van der Waals surface area contributed by atoms with Crippen LogP contribution in [0.3, 0.4) is 0 Å². The van der Waals surface area contributed by atoms with Crippen LogP contribution in [0.5, 0.6) is 5.75 Å². The third-order valence-electron chi connectivity index (χ3n) is 3.33. The van der Waals surface area contributed by atoms with Gasteiger partial charge in [-0.05, 0) is 48.7 Å². The third kappa shape index (κ3) is 3.51. The van der Waals surface area contributed by atoms with Crippen molar-refractivity contribution in [2.75, 3.05) is 7.11 Å². The number of carboxylic acid groups (broad SMARTS) is 1. The summed E-state index contributed by atoms with van der Waals surface area (Å²) < 4.78 is 5.10. The number of carboxylic acids is 1. The number of aryl methyl sites for hydroxylation is 2. The lowest BCUT2D eigenvalue weighted by molar-refractivity contribution is -0.130. The highest BCUT2D eigenvalue weighted by Gasteiger charge is 2.13. The van der Waals surface area contributed by atoms with Gasteiger partial charge >= 0.3 is 5.97 Å². The van der Waals surface area contributed by atoms with Gasteiger partial charge in [-0.1, -0.05) is 35.9 Å². The van der Waals surface area contributed by atoms with Crippen molar-refractivity contribution >= 4 is 17.6 Å². The molecule has 0 aliphatic heterocycles. The molecule has 0 atom stereocenters. The molecule has 0 aromatic heterocycles. The van der Waals surface area contributed by atoms with Crippen LogP contribution in [-0.4, -0.2) is 18.2 Å². The highest BCUT2D eigenvalue weighted by atomic mass is 16.5. The molecule has 3 heteroatoms. The summed E-state index contributed by atoms with van der Waals surface area (Å²) in [6.07, 6.45) is 1.68. The second-order valence-electron chi connectivity index (χ2n) is 4.95. The molecule has 0 fully saturated rings. The molecule has 21 heavy (non-hydrogen) atoms. The molecule has 2 rings (SSSR count). The van der Waals surface area contributed by atoms with Gasteiger partial charge < -0.3 is 9.84 Å². The Kier molecular flexibility index (Phi) is 4.43. The molecule has 108 valence electrons. The fraction of sp³-hybridized carbons (Fsp3) is 0.167. The van der Waals surface area contributed by atoms with E-state index >= 15 is 0 Å². The van der Waals surface area contributed by atoms with Gasteiger partial charge in [-0.15, -0.1) is 0 Å². The number of rotatable bonds is 4. The zero-order valence-electron chi connectivity index (χ0n) is 12.4. The molecule has 0 bridgehead atoms. The maximum atomic E-state index is 11.6. The molecule has 0 unspecified atom stereocenters. The smallest absolute Gasteiger partial charge is 0.336 e. The maximum Gasteiger partial charge on any atom is 0.336 e. The van der Waals surface area contributed by atoms with Crippen molar-refractivity contribution in [3.63, 3.8) is 0 Å². The van der Waals surface area contributed by atoms with Gasteiger partial charge in [-0.2, -0.15) is 0 Å². The number of methoxy groups -OCH3 is 1. The molecule has 2 aromatic rings.